The quantitative estimate of drug-likeness (QED) is 0.875. The topological polar surface area (TPSA) is 49.2 Å². The van der Waals surface area contributed by atoms with Crippen molar-refractivity contribution in [2.24, 2.45) is 0 Å². The molecule has 2 rings (SSSR count). The molecule has 84 valence electrons. The highest BCUT2D eigenvalue weighted by Crippen LogP contribution is 2.15. The van der Waals surface area contributed by atoms with Crippen LogP contribution in [0.25, 0.3) is 0 Å². The minimum absolute atomic E-state index is 0.0675. The number of nitrogens with zero attached hydrogens (tertiary/aromatic N) is 3. The predicted octanol–water partition coefficient (Wildman–Crippen LogP) is 1.67. The second-order valence-electron chi connectivity index (χ2n) is 3.48. The van der Waals surface area contributed by atoms with Gasteiger partial charge in [0.2, 0.25) is 0 Å². The SMILES string of the molecule is CN(Cc1cccs1)c1ccc(CO)nn1. The summed E-state index contributed by atoms with van der Waals surface area (Å²) in [4.78, 5) is 3.32. The molecule has 0 unspecified atom stereocenters. The molecule has 2 aromatic heterocycles. The molecule has 1 N–H and O–H groups in total. The molecule has 0 aromatic carbocycles. The summed E-state index contributed by atoms with van der Waals surface area (Å²) in [6, 6.07) is 7.78. The molecule has 0 atom stereocenters. The van der Waals surface area contributed by atoms with E-state index in [-0.39, 0.29) is 6.61 Å². The molecule has 0 aliphatic carbocycles. The van der Waals surface area contributed by atoms with E-state index >= 15 is 0 Å². The summed E-state index contributed by atoms with van der Waals surface area (Å²) in [6.45, 7) is 0.757. The van der Waals surface area contributed by atoms with Crippen molar-refractivity contribution >= 4 is 17.2 Å². The molecule has 0 spiro atoms. The Kier molecular flexibility index (Phi) is 3.48. The van der Waals surface area contributed by atoms with Crippen molar-refractivity contribution in [2.75, 3.05) is 11.9 Å². The summed E-state index contributed by atoms with van der Waals surface area (Å²) in [6.07, 6.45) is 0. The van der Waals surface area contributed by atoms with E-state index in [0.717, 1.165) is 12.4 Å². The van der Waals surface area contributed by atoms with Crippen molar-refractivity contribution in [3.63, 3.8) is 0 Å². The molecule has 0 fully saturated rings. The minimum Gasteiger partial charge on any atom is -0.390 e. The Morgan fingerprint density at radius 1 is 1.31 bits per heavy atom. The number of aliphatic hydroxyl groups excluding tert-OH is 1. The highest BCUT2D eigenvalue weighted by Gasteiger charge is 2.04. The zero-order valence-electron chi connectivity index (χ0n) is 9.00. The lowest BCUT2D eigenvalue weighted by molar-refractivity contribution is 0.275. The number of aromatic nitrogens is 2. The Morgan fingerprint density at radius 2 is 2.19 bits per heavy atom. The molecule has 0 amide bonds. The molecule has 2 aromatic rings. The van der Waals surface area contributed by atoms with Gasteiger partial charge in [0.15, 0.2) is 5.82 Å². The smallest absolute Gasteiger partial charge is 0.151 e. The van der Waals surface area contributed by atoms with Gasteiger partial charge in [-0.15, -0.1) is 16.4 Å². The standard InChI is InChI=1S/C11H13N3OS/c1-14(7-10-3-2-6-16-10)11-5-4-9(8-15)12-13-11/h2-6,15H,7-8H2,1H3. The van der Waals surface area contributed by atoms with Crippen LogP contribution in [-0.2, 0) is 13.2 Å². The average Bonchev–Trinajstić information content (AvgIpc) is 2.82. The largest absolute Gasteiger partial charge is 0.390 e. The number of aliphatic hydroxyl groups is 1. The first-order valence-electron chi connectivity index (χ1n) is 4.96. The molecule has 0 radical (unpaired) electrons. The molecule has 16 heavy (non-hydrogen) atoms. The van der Waals surface area contributed by atoms with E-state index in [2.05, 4.69) is 21.6 Å². The zero-order chi connectivity index (χ0) is 11.4. The Bertz CT molecular complexity index is 427. The summed E-state index contributed by atoms with van der Waals surface area (Å²) in [5.74, 6) is 0.811. The van der Waals surface area contributed by atoms with Crippen molar-refractivity contribution in [2.45, 2.75) is 13.2 Å². The van der Waals surface area contributed by atoms with Crippen LogP contribution >= 0.6 is 11.3 Å². The summed E-state index contributed by atoms with van der Waals surface area (Å²) < 4.78 is 0. The van der Waals surface area contributed by atoms with Gasteiger partial charge in [0.05, 0.1) is 18.8 Å². The molecule has 0 aliphatic rings. The van der Waals surface area contributed by atoms with Crippen LogP contribution in [0.15, 0.2) is 29.6 Å². The number of rotatable bonds is 4. The highest BCUT2D eigenvalue weighted by atomic mass is 32.1. The summed E-state index contributed by atoms with van der Waals surface area (Å²) in [5.41, 5.74) is 0.591. The van der Waals surface area contributed by atoms with Crippen molar-refractivity contribution in [3.05, 3.63) is 40.2 Å². The van der Waals surface area contributed by atoms with Crippen LogP contribution in [0.3, 0.4) is 0 Å². The maximum atomic E-state index is 8.86. The molecule has 0 bridgehead atoms. The van der Waals surface area contributed by atoms with Gasteiger partial charge in [-0.3, -0.25) is 0 Å². The van der Waals surface area contributed by atoms with Crippen molar-refractivity contribution < 1.29 is 5.11 Å². The summed E-state index contributed by atoms with van der Waals surface area (Å²) in [7, 11) is 1.97. The molecule has 0 aliphatic heterocycles. The van der Waals surface area contributed by atoms with Crippen LogP contribution in [0.2, 0.25) is 0 Å². The van der Waals surface area contributed by atoms with Gasteiger partial charge < -0.3 is 10.0 Å². The molecular weight excluding hydrogens is 222 g/mol. The van der Waals surface area contributed by atoms with Gasteiger partial charge in [-0.25, -0.2) is 0 Å². The van der Waals surface area contributed by atoms with Crippen LogP contribution in [0.1, 0.15) is 10.6 Å². The predicted molar refractivity (Wildman–Crippen MR) is 64.4 cm³/mol. The van der Waals surface area contributed by atoms with Crippen molar-refractivity contribution in [1.82, 2.24) is 10.2 Å². The van der Waals surface area contributed by atoms with E-state index in [9.17, 15) is 0 Å². The molecule has 5 heteroatoms. The number of hydrogen-bond donors (Lipinski definition) is 1. The number of anilines is 1. The minimum atomic E-state index is -0.0675. The van der Waals surface area contributed by atoms with Gasteiger partial charge in [0.1, 0.15) is 0 Å². The van der Waals surface area contributed by atoms with E-state index in [1.165, 1.54) is 4.88 Å². The van der Waals surface area contributed by atoms with E-state index in [1.807, 2.05) is 24.1 Å². The average molecular weight is 235 g/mol. The molecule has 0 saturated carbocycles. The third-order valence-corrected chi connectivity index (χ3v) is 3.09. The Labute approximate surface area is 98.2 Å². The highest BCUT2D eigenvalue weighted by molar-refractivity contribution is 7.09. The third kappa shape index (κ3) is 2.56. The maximum Gasteiger partial charge on any atom is 0.151 e. The second-order valence-corrected chi connectivity index (χ2v) is 4.51. The number of hydrogen-bond acceptors (Lipinski definition) is 5. The monoisotopic (exact) mass is 235 g/mol. The lowest BCUT2D eigenvalue weighted by Crippen LogP contribution is -2.17. The maximum absolute atomic E-state index is 8.86. The summed E-state index contributed by atoms with van der Waals surface area (Å²) in [5, 5.41) is 18.9. The van der Waals surface area contributed by atoms with E-state index in [1.54, 1.807) is 17.4 Å². The fourth-order valence-corrected chi connectivity index (χ4v) is 2.12. The second kappa shape index (κ2) is 5.05. The lowest BCUT2D eigenvalue weighted by atomic mass is 10.3. The fourth-order valence-electron chi connectivity index (χ4n) is 1.36. The first-order valence-corrected chi connectivity index (χ1v) is 5.84. The Balaban J connectivity index is 2.05. The Hall–Kier alpha value is -1.46. The van der Waals surface area contributed by atoms with Gasteiger partial charge in [-0.05, 0) is 23.6 Å². The first kappa shape index (κ1) is 11.0. The van der Waals surface area contributed by atoms with E-state index < -0.39 is 0 Å². The molecule has 2 heterocycles. The van der Waals surface area contributed by atoms with E-state index in [0.29, 0.717) is 5.69 Å². The van der Waals surface area contributed by atoms with Gasteiger partial charge in [0, 0.05) is 11.9 Å². The van der Waals surface area contributed by atoms with Gasteiger partial charge in [-0.1, -0.05) is 6.07 Å². The van der Waals surface area contributed by atoms with Gasteiger partial charge in [0.25, 0.3) is 0 Å². The molecule has 0 saturated heterocycles. The summed E-state index contributed by atoms with van der Waals surface area (Å²) >= 11 is 1.72. The van der Waals surface area contributed by atoms with E-state index in [4.69, 9.17) is 5.11 Å². The normalized spacial score (nSPS) is 10.4. The fraction of sp³-hybridized carbons (Fsp3) is 0.273. The van der Waals surface area contributed by atoms with Crippen LogP contribution in [0.5, 0.6) is 0 Å². The van der Waals surface area contributed by atoms with Crippen molar-refractivity contribution in [3.8, 4) is 0 Å². The van der Waals surface area contributed by atoms with Crippen LogP contribution in [-0.4, -0.2) is 22.4 Å². The zero-order valence-corrected chi connectivity index (χ0v) is 9.81. The van der Waals surface area contributed by atoms with Crippen LogP contribution in [0.4, 0.5) is 5.82 Å². The van der Waals surface area contributed by atoms with Crippen LogP contribution in [0, 0.1) is 0 Å². The molecular formula is C11H13N3OS. The van der Waals surface area contributed by atoms with Crippen LogP contribution < -0.4 is 4.90 Å². The Morgan fingerprint density at radius 3 is 2.75 bits per heavy atom. The first-order chi connectivity index (χ1) is 7.79. The van der Waals surface area contributed by atoms with Gasteiger partial charge in [-0.2, -0.15) is 5.10 Å². The van der Waals surface area contributed by atoms with Crippen molar-refractivity contribution in [1.29, 1.82) is 0 Å². The lowest BCUT2D eigenvalue weighted by Gasteiger charge is -2.16. The van der Waals surface area contributed by atoms with Gasteiger partial charge >= 0.3 is 0 Å². The molecule has 4 nitrogen and oxygen atoms in total. The number of thiophene rings is 1. The third-order valence-electron chi connectivity index (χ3n) is 2.23.